The summed E-state index contributed by atoms with van der Waals surface area (Å²) in [6.45, 7) is 8.26. The van der Waals surface area contributed by atoms with Crippen molar-refractivity contribution in [2.24, 2.45) is 5.92 Å². The third-order valence-electron chi connectivity index (χ3n) is 7.57. The second-order valence-corrected chi connectivity index (χ2v) is 10.8. The minimum Gasteiger partial charge on any atom is -0.368 e. The maximum atomic E-state index is 5.67. The molecular formula is C27H39N7S. The molecule has 1 unspecified atom stereocenters. The zero-order valence-electron chi connectivity index (χ0n) is 21.0. The van der Waals surface area contributed by atoms with Crippen molar-refractivity contribution in [2.75, 3.05) is 59.3 Å². The van der Waals surface area contributed by atoms with Crippen molar-refractivity contribution in [3.05, 3.63) is 36.4 Å². The molecule has 0 bridgehead atoms. The second-order valence-electron chi connectivity index (χ2n) is 10.3. The predicted octanol–water partition coefficient (Wildman–Crippen LogP) is 4.66. The molecule has 3 aliphatic rings. The highest BCUT2D eigenvalue weighted by atomic mass is 32.1. The van der Waals surface area contributed by atoms with E-state index in [4.69, 9.17) is 22.2 Å². The summed E-state index contributed by atoms with van der Waals surface area (Å²) in [5.74, 6) is 3.29. The van der Waals surface area contributed by atoms with Crippen LogP contribution in [-0.2, 0) is 0 Å². The normalized spacial score (nSPS) is 21.6. The second kappa shape index (κ2) is 11.4. The summed E-state index contributed by atoms with van der Waals surface area (Å²) >= 11 is 5.67. The smallest absolute Gasteiger partial charge is 0.232 e. The van der Waals surface area contributed by atoms with Crippen molar-refractivity contribution < 1.29 is 0 Å². The molecule has 35 heavy (non-hydrogen) atoms. The lowest BCUT2D eigenvalue weighted by atomic mass is 9.96. The van der Waals surface area contributed by atoms with Crippen LogP contribution in [0.1, 0.15) is 51.9 Å². The van der Waals surface area contributed by atoms with Gasteiger partial charge >= 0.3 is 0 Å². The Bertz CT molecular complexity index is 971. The van der Waals surface area contributed by atoms with Gasteiger partial charge in [0.05, 0.1) is 0 Å². The number of rotatable bonds is 5. The molecule has 2 saturated heterocycles. The Kier molecular flexibility index (Phi) is 7.86. The maximum Gasteiger partial charge on any atom is 0.232 e. The summed E-state index contributed by atoms with van der Waals surface area (Å²) in [6.07, 6.45) is 8.75. The Balaban J connectivity index is 1.31. The molecule has 2 aliphatic heterocycles. The summed E-state index contributed by atoms with van der Waals surface area (Å²) in [6, 6.07) is 13.3. The SMILES string of the molecule is CC1CCCN(c2cc(N3CCN(c4ccccc4)CC3)nc(NC(=S)NC3CCCCC3)n2)C1. The van der Waals surface area contributed by atoms with E-state index in [0.29, 0.717) is 23.0 Å². The number of hydrogen-bond acceptors (Lipinski definition) is 6. The van der Waals surface area contributed by atoms with E-state index >= 15 is 0 Å². The highest BCUT2D eigenvalue weighted by Gasteiger charge is 2.23. The van der Waals surface area contributed by atoms with Gasteiger partial charge in [-0.15, -0.1) is 0 Å². The molecule has 0 amide bonds. The quantitative estimate of drug-likeness (QED) is 0.584. The number of hydrogen-bond donors (Lipinski definition) is 2. The van der Waals surface area contributed by atoms with Gasteiger partial charge in [-0.05, 0) is 56.0 Å². The Morgan fingerprint density at radius 1 is 0.829 bits per heavy atom. The molecule has 1 atom stereocenters. The van der Waals surface area contributed by atoms with Crippen molar-refractivity contribution in [3.63, 3.8) is 0 Å². The number of benzene rings is 1. The monoisotopic (exact) mass is 493 g/mol. The number of para-hydroxylation sites is 1. The van der Waals surface area contributed by atoms with Crippen molar-refractivity contribution >= 4 is 40.6 Å². The largest absolute Gasteiger partial charge is 0.368 e. The van der Waals surface area contributed by atoms with Crippen molar-refractivity contribution in [1.82, 2.24) is 15.3 Å². The summed E-state index contributed by atoms with van der Waals surface area (Å²) in [5.41, 5.74) is 1.29. The van der Waals surface area contributed by atoms with Crippen LogP contribution in [0.25, 0.3) is 0 Å². The van der Waals surface area contributed by atoms with Crippen LogP contribution in [0.15, 0.2) is 36.4 Å². The number of piperidine rings is 1. The lowest BCUT2D eigenvalue weighted by Gasteiger charge is -2.37. The number of nitrogens with one attached hydrogen (secondary N) is 2. The van der Waals surface area contributed by atoms with Gasteiger partial charge in [-0.25, -0.2) is 0 Å². The first-order valence-electron chi connectivity index (χ1n) is 13.4. The van der Waals surface area contributed by atoms with Crippen LogP contribution in [0.2, 0.25) is 0 Å². The van der Waals surface area contributed by atoms with Crippen molar-refractivity contribution in [3.8, 4) is 0 Å². The predicted molar refractivity (Wildman–Crippen MR) is 150 cm³/mol. The maximum absolute atomic E-state index is 5.67. The first-order valence-corrected chi connectivity index (χ1v) is 13.8. The number of anilines is 4. The van der Waals surface area contributed by atoms with Gasteiger partial charge < -0.3 is 25.3 Å². The highest BCUT2D eigenvalue weighted by Crippen LogP contribution is 2.27. The molecule has 7 nitrogen and oxygen atoms in total. The van der Waals surface area contributed by atoms with Crippen LogP contribution in [0.5, 0.6) is 0 Å². The summed E-state index contributed by atoms with van der Waals surface area (Å²) in [7, 11) is 0. The van der Waals surface area contributed by atoms with E-state index < -0.39 is 0 Å². The van der Waals surface area contributed by atoms with Gasteiger partial charge in [-0.3, -0.25) is 0 Å². The molecule has 5 rings (SSSR count). The average molecular weight is 494 g/mol. The van der Waals surface area contributed by atoms with E-state index in [-0.39, 0.29) is 0 Å². The van der Waals surface area contributed by atoms with Crippen LogP contribution in [0.3, 0.4) is 0 Å². The number of nitrogens with zero attached hydrogens (tertiary/aromatic N) is 5. The van der Waals surface area contributed by atoms with Crippen molar-refractivity contribution in [2.45, 2.75) is 57.9 Å². The Morgan fingerprint density at radius 2 is 1.51 bits per heavy atom. The highest BCUT2D eigenvalue weighted by molar-refractivity contribution is 7.80. The molecule has 2 N–H and O–H groups in total. The summed E-state index contributed by atoms with van der Waals surface area (Å²) < 4.78 is 0. The fourth-order valence-electron chi connectivity index (χ4n) is 5.60. The van der Waals surface area contributed by atoms with Gasteiger partial charge in [-0.2, -0.15) is 9.97 Å². The molecule has 1 saturated carbocycles. The van der Waals surface area contributed by atoms with E-state index in [1.54, 1.807) is 0 Å². The number of aromatic nitrogens is 2. The fraction of sp³-hybridized carbons (Fsp3) is 0.593. The first-order chi connectivity index (χ1) is 17.1. The Morgan fingerprint density at radius 3 is 2.23 bits per heavy atom. The van der Waals surface area contributed by atoms with E-state index in [1.165, 1.54) is 50.6 Å². The minimum absolute atomic E-state index is 0.459. The van der Waals surface area contributed by atoms with Gasteiger partial charge in [0.1, 0.15) is 11.6 Å². The van der Waals surface area contributed by atoms with Gasteiger partial charge in [0, 0.05) is 57.1 Å². The van der Waals surface area contributed by atoms with Gasteiger partial charge in [0.25, 0.3) is 0 Å². The minimum atomic E-state index is 0.459. The molecule has 0 spiro atoms. The molecule has 3 fully saturated rings. The van der Waals surface area contributed by atoms with Crippen LogP contribution in [0, 0.1) is 5.92 Å². The Labute approximate surface area is 215 Å². The third-order valence-corrected chi connectivity index (χ3v) is 7.79. The molecule has 0 radical (unpaired) electrons. The molecular weight excluding hydrogens is 454 g/mol. The van der Waals surface area contributed by atoms with E-state index in [0.717, 1.165) is 50.9 Å². The van der Waals surface area contributed by atoms with E-state index in [1.807, 2.05) is 0 Å². The van der Waals surface area contributed by atoms with Gasteiger partial charge in [0.2, 0.25) is 5.95 Å². The summed E-state index contributed by atoms with van der Waals surface area (Å²) in [5, 5.41) is 7.47. The van der Waals surface area contributed by atoms with Crippen LogP contribution in [0.4, 0.5) is 23.3 Å². The van der Waals surface area contributed by atoms with Gasteiger partial charge in [-0.1, -0.05) is 44.4 Å². The van der Waals surface area contributed by atoms with Crippen molar-refractivity contribution in [1.29, 1.82) is 0 Å². The molecule has 1 aromatic carbocycles. The molecule has 1 aliphatic carbocycles. The van der Waals surface area contributed by atoms with Crippen LogP contribution >= 0.6 is 12.2 Å². The standard InChI is InChI=1S/C27H39N7S/c1-21-9-8-14-34(20-21)25-19-24(33-17-15-32(16-18-33)23-12-6-3-7-13-23)29-26(30-25)31-27(35)28-22-10-4-2-5-11-22/h3,6-7,12-13,19,21-22H,2,4-5,8-11,14-18,20H2,1H3,(H2,28,29,30,31,35). The number of thiocarbonyl (C=S) groups is 1. The molecule has 2 aromatic rings. The first kappa shape index (κ1) is 24.1. The molecule has 8 heteroatoms. The van der Waals surface area contributed by atoms with E-state index in [2.05, 4.69) is 68.7 Å². The van der Waals surface area contributed by atoms with E-state index in [9.17, 15) is 0 Å². The topological polar surface area (TPSA) is 59.6 Å². The zero-order chi connectivity index (χ0) is 24.0. The lowest BCUT2D eigenvalue weighted by Crippen LogP contribution is -2.47. The number of piperazine rings is 1. The Hall–Kier alpha value is -2.61. The fourth-order valence-corrected chi connectivity index (χ4v) is 5.86. The van der Waals surface area contributed by atoms with Crippen LogP contribution < -0.4 is 25.3 Å². The van der Waals surface area contributed by atoms with Crippen LogP contribution in [-0.4, -0.2) is 60.4 Å². The lowest BCUT2D eigenvalue weighted by molar-refractivity contribution is 0.414. The molecule has 188 valence electrons. The molecule has 3 heterocycles. The summed E-state index contributed by atoms with van der Waals surface area (Å²) in [4.78, 5) is 17.1. The molecule has 1 aromatic heterocycles. The zero-order valence-corrected chi connectivity index (χ0v) is 21.8. The third kappa shape index (κ3) is 6.34. The average Bonchev–Trinajstić information content (AvgIpc) is 2.90. The van der Waals surface area contributed by atoms with Gasteiger partial charge in [0.15, 0.2) is 5.11 Å².